The van der Waals surface area contributed by atoms with Crippen molar-refractivity contribution in [2.24, 2.45) is 0 Å². The minimum atomic E-state index is -0.610. The van der Waals surface area contributed by atoms with Gasteiger partial charge in [-0.25, -0.2) is 9.69 Å². The molecule has 3 aromatic rings. The van der Waals surface area contributed by atoms with Gasteiger partial charge in [0.1, 0.15) is 11.9 Å². The van der Waals surface area contributed by atoms with Crippen LogP contribution >= 0.6 is 0 Å². The molecule has 3 aromatic carbocycles. The Hall–Kier alpha value is -3.53. The quantitative estimate of drug-likeness (QED) is 0.373. The molecule has 1 heterocycles. The average molecular weight is 397 g/mol. The van der Waals surface area contributed by atoms with Crippen molar-refractivity contribution >= 4 is 17.5 Å². The Morgan fingerprint density at radius 2 is 1.60 bits per heavy atom. The van der Waals surface area contributed by atoms with Gasteiger partial charge in [-0.2, -0.15) is 0 Å². The summed E-state index contributed by atoms with van der Waals surface area (Å²) in [4.78, 5) is 14.9. The van der Waals surface area contributed by atoms with Crippen molar-refractivity contribution in [2.45, 2.75) is 32.8 Å². The Morgan fingerprint density at radius 3 is 2.43 bits per heavy atom. The Morgan fingerprint density at radius 1 is 0.900 bits per heavy atom. The topological polar surface area (TPSA) is 38.8 Å². The lowest BCUT2D eigenvalue weighted by molar-refractivity contribution is 0.0598. The fourth-order valence-corrected chi connectivity index (χ4v) is 4.13. The van der Waals surface area contributed by atoms with Gasteiger partial charge in [-0.3, -0.25) is 0 Å². The monoisotopic (exact) mass is 397 g/mol. The minimum absolute atomic E-state index is 0.423. The molecule has 1 amide bonds. The van der Waals surface area contributed by atoms with Gasteiger partial charge in [-0.05, 0) is 61.6 Å². The normalized spacial score (nSPS) is 14.2. The molecule has 0 aromatic heterocycles. The summed E-state index contributed by atoms with van der Waals surface area (Å²) in [5.74, 6) is 0.625. The number of fused-ring (bicyclic) bond motifs is 4. The Kier molecular flexibility index (Phi) is 4.17. The molecule has 0 radical (unpaired) electrons. The molecule has 0 saturated heterocycles. The van der Waals surface area contributed by atoms with Crippen LogP contribution in [0.25, 0.3) is 16.8 Å². The molecule has 0 unspecified atom stereocenters. The van der Waals surface area contributed by atoms with Gasteiger partial charge in [-0.15, -0.1) is 0 Å². The Bertz CT molecular complexity index is 1190. The first kappa shape index (κ1) is 18.5. The zero-order valence-electron chi connectivity index (χ0n) is 17.3. The van der Waals surface area contributed by atoms with E-state index >= 15 is 0 Å². The molecular formula is C26H23NO3. The number of benzene rings is 3. The molecule has 0 N–H and O–H groups in total. The molecule has 4 heteroatoms. The molecule has 0 bridgehead atoms. The molecule has 0 atom stereocenters. The molecule has 1 aliphatic heterocycles. The van der Waals surface area contributed by atoms with E-state index in [1.54, 1.807) is 11.2 Å². The molecule has 2 aliphatic rings. The van der Waals surface area contributed by atoms with E-state index in [-0.39, 0.29) is 0 Å². The van der Waals surface area contributed by atoms with Crippen LogP contribution in [0.2, 0.25) is 0 Å². The van der Waals surface area contributed by atoms with Gasteiger partial charge in [0.05, 0.1) is 11.4 Å². The summed E-state index contributed by atoms with van der Waals surface area (Å²) in [6, 6.07) is 22.2. The van der Waals surface area contributed by atoms with Gasteiger partial charge >= 0.3 is 6.09 Å². The van der Waals surface area contributed by atoms with Crippen molar-refractivity contribution in [3.8, 4) is 16.9 Å². The van der Waals surface area contributed by atoms with Gasteiger partial charge in [0, 0.05) is 5.56 Å². The minimum Gasteiger partial charge on any atom is -0.461 e. The van der Waals surface area contributed by atoms with E-state index in [0.717, 1.165) is 17.5 Å². The van der Waals surface area contributed by atoms with Gasteiger partial charge in [0.2, 0.25) is 0 Å². The second kappa shape index (κ2) is 6.77. The van der Waals surface area contributed by atoms with Crippen LogP contribution < -0.4 is 9.64 Å². The lowest BCUT2D eigenvalue weighted by Crippen LogP contribution is -2.37. The third-order valence-electron chi connectivity index (χ3n) is 5.31. The summed E-state index contributed by atoms with van der Waals surface area (Å²) < 4.78 is 11.7. The largest absolute Gasteiger partial charge is 0.461 e. The standard InChI is InChI=1S/C26H23NO3/c1-26(2,3)30-25(28)27-21-13-6-7-14-23(21)29-16-22(27)20-12-8-10-18-15-17-9-4-5-11-19(17)24(18)20/h4-14,16H,15H2,1-3H3. The van der Waals surface area contributed by atoms with E-state index in [4.69, 9.17) is 9.47 Å². The smallest absolute Gasteiger partial charge is 0.419 e. The van der Waals surface area contributed by atoms with Crippen LogP contribution in [-0.4, -0.2) is 11.7 Å². The first-order valence-corrected chi connectivity index (χ1v) is 10.1. The molecule has 150 valence electrons. The molecule has 5 rings (SSSR count). The van der Waals surface area contributed by atoms with Crippen LogP contribution in [0, 0.1) is 0 Å². The van der Waals surface area contributed by atoms with Crippen LogP contribution in [-0.2, 0) is 11.2 Å². The second-order valence-corrected chi connectivity index (χ2v) is 8.58. The van der Waals surface area contributed by atoms with Crippen LogP contribution in [0.1, 0.15) is 37.5 Å². The van der Waals surface area contributed by atoms with Gasteiger partial charge in [-0.1, -0.05) is 54.6 Å². The van der Waals surface area contributed by atoms with E-state index in [2.05, 4.69) is 30.3 Å². The number of ether oxygens (including phenoxy) is 2. The maximum atomic E-state index is 13.3. The van der Waals surface area contributed by atoms with Crippen LogP contribution in [0.4, 0.5) is 10.5 Å². The summed E-state index contributed by atoms with van der Waals surface area (Å²) in [6.07, 6.45) is 2.12. The predicted octanol–water partition coefficient (Wildman–Crippen LogP) is 6.39. The first-order chi connectivity index (χ1) is 14.4. The van der Waals surface area contributed by atoms with Crippen molar-refractivity contribution < 1.29 is 14.3 Å². The third kappa shape index (κ3) is 3.05. The number of nitrogens with zero attached hydrogens (tertiary/aromatic N) is 1. The number of anilines is 1. The fourth-order valence-electron chi connectivity index (χ4n) is 4.13. The number of carbonyl (C=O) groups is 1. The van der Waals surface area contributed by atoms with Crippen molar-refractivity contribution in [1.29, 1.82) is 0 Å². The zero-order chi connectivity index (χ0) is 20.9. The summed E-state index contributed by atoms with van der Waals surface area (Å²) in [5.41, 5.74) is 6.59. The summed E-state index contributed by atoms with van der Waals surface area (Å²) in [6.45, 7) is 5.62. The van der Waals surface area contributed by atoms with Crippen LogP contribution in [0.5, 0.6) is 5.75 Å². The number of amides is 1. The lowest BCUT2D eigenvalue weighted by Gasteiger charge is -2.33. The SMILES string of the molecule is CC(C)(C)OC(=O)N1C(c2cccc3c2-c2ccccc2C3)=COc2ccccc21. The number of hydrogen-bond donors (Lipinski definition) is 0. The predicted molar refractivity (Wildman–Crippen MR) is 118 cm³/mol. The van der Waals surface area contributed by atoms with Crippen molar-refractivity contribution in [3.05, 3.63) is 89.7 Å². The summed E-state index contributed by atoms with van der Waals surface area (Å²) in [7, 11) is 0. The molecule has 0 saturated carbocycles. The van der Waals surface area contributed by atoms with Crippen molar-refractivity contribution in [2.75, 3.05) is 4.90 Å². The molecule has 1 aliphatic carbocycles. The number of para-hydroxylation sites is 2. The molecule has 4 nitrogen and oxygen atoms in total. The van der Waals surface area contributed by atoms with Crippen molar-refractivity contribution in [3.63, 3.8) is 0 Å². The van der Waals surface area contributed by atoms with E-state index in [1.165, 1.54) is 16.7 Å². The number of carbonyl (C=O) groups excluding carboxylic acids is 1. The second-order valence-electron chi connectivity index (χ2n) is 8.58. The van der Waals surface area contributed by atoms with Gasteiger partial charge in [0.15, 0.2) is 5.75 Å². The molecule has 0 spiro atoms. The Balaban J connectivity index is 1.67. The summed E-state index contributed by atoms with van der Waals surface area (Å²) >= 11 is 0. The lowest BCUT2D eigenvalue weighted by atomic mass is 9.96. The molecule has 0 fully saturated rings. The van der Waals surface area contributed by atoms with Crippen molar-refractivity contribution in [1.82, 2.24) is 0 Å². The summed E-state index contributed by atoms with van der Waals surface area (Å²) in [5, 5.41) is 0. The number of rotatable bonds is 1. The average Bonchev–Trinajstić information content (AvgIpc) is 3.10. The molecular weight excluding hydrogens is 374 g/mol. The van der Waals surface area contributed by atoms with E-state index in [1.807, 2.05) is 57.2 Å². The van der Waals surface area contributed by atoms with Crippen LogP contribution in [0.3, 0.4) is 0 Å². The maximum absolute atomic E-state index is 13.3. The van der Waals surface area contributed by atoms with Crippen LogP contribution in [0.15, 0.2) is 73.0 Å². The third-order valence-corrected chi connectivity index (χ3v) is 5.31. The fraction of sp³-hybridized carbons (Fsp3) is 0.192. The highest BCUT2D eigenvalue weighted by Gasteiger charge is 2.34. The number of hydrogen-bond acceptors (Lipinski definition) is 3. The molecule has 30 heavy (non-hydrogen) atoms. The van der Waals surface area contributed by atoms with Gasteiger partial charge in [0.25, 0.3) is 0 Å². The maximum Gasteiger partial charge on any atom is 0.419 e. The highest BCUT2D eigenvalue weighted by Crippen LogP contribution is 2.45. The van der Waals surface area contributed by atoms with E-state index in [9.17, 15) is 4.79 Å². The zero-order valence-corrected chi connectivity index (χ0v) is 17.3. The van der Waals surface area contributed by atoms with E-state index < -0.39 is 11.7 Å². The highest BCUT2D eigenvalue weighted by atomic mass is 16.6. The van der Waals surface area contributed by atoms with Gasteiger partial charge < -0.3 is 9.47 Å². The highest BCUT2D eigenvalue weighted by molar-refractivity contribution is 6.07. The first-order valence-electron chi connectivity index (χ1n) is 10.1. The van der Waals surface area contributed by atoms with E-state index in [0.29, 0.717) is 17.1 Å². The Labute approximate surface area is 176 Å².